The summed E-state index contributed by atoms with van der Waals surface area (Å²) in [6.45, 7) is 1.72. The van der Waals surface area contributed by atoms with Crippen molar-refractivity contribution >= 4 is 23.1 Å². The Kier molecular flexibility index (Phi) is 3.78. The lowest BCUT2D eigenvalue weighted by molar-refractivity contribution is -0.145. The molecular weight excluding hydrogens is 390 g/mol. The molecule has 2 aromatic rings. The van der Waals surface area contributed by atoms with Gasteiger partial charge in [-0.05, 0) is 24.6 Å². The van der Waals surface area contributed by atoms with Gasteiger partial charge in [-0.2, -0.15) is 0 Å². The van der Waals surface area contributed by atoms with Crippen LogP contribution in [0.3, 0.4) is 0 Å². The Morgan fingerprint density at radius 2 is 1.90 bits per heavy atom. The SMILES string of the molecule is COC(=O)[C@@H]1CO[C@H]2c3cc(C)cc(O)c3C3=C(C(=O)c4c(O)cccc4C3=O)N12. The predicted octanol–water partition coefficient (Wildman–Crippen LogP) is 2.08. The number of allylic oxidation sites excluding steroid dienone is 2. The van der Waals surface area contributed by atoms with E-state index in [1.807, 2.05) is 0 Å². The molecule has 0 unspecified atom stereocenters. The molecule has 30 heavy (non-hydrogen) atoms. The average molecular weight is 407 g/mol. The van der Waals surface area contributed by atoms with E-state index in [0.29, 0.717) is 5.56 Å². The van der Waals surface area contributed by atoms with Crippen molar-refractivity contribution < 1.29 is 34.1 Å². The number of esters is 1. The van der Waals surface area contributed by atoms with Gasteiger partial charge in [0.05, 0.1) is 24.9 Å². The Bertz CT molecular complexity index is 1200. The third kappa shape index (κ3) is 2.22. The molecule has 152 valence electrons. The summed E-state index contributed by atoms with van der Waals surface area (Å²) in [6, 6.07) is 6.55. The van der Waals surface area contributed by atoms with Gasteiger partial charge in [0.25, 0.3) is 0 Å². The fourth-order valence-corrected chi connectivity index (χ4v) is 4.52. The number of carbonyl (C=O) groups is 3. The van der Waals surface area contributed by atoms with E-state index in [1.165, 1.54) is 36.3 Å². The van der Waals surface area contributed by atoms with Gasteiger partial charge in [-0.25, -0.2) is 4.79 Å². The number of carbonyl (C=O) groups excluding carboxylic acids is 3. The Morgan fingerprint density at radius 3 is 2.63 bits per heavy atom. The Hall–Kier alpha value is -3.65. The molecule has 2 N–H and O–H groups in total. The molecule has 5 rings (SSSR count). The summed E-state index contributed by atoms with van der Waals surface area (Å²) in [4.78, 5) is 40.8. The van der Waals surface area contributed by atoms with Crippen molar-refractivity contribution in [2.75, 3.05) is 13.7 Å². The number of hydrogen-bond acceptors (Lipinski definition) is 8. The van der Waals surface area contributed by atoms with E-state index in [1.54, 1.807) is 13.0 Å². The molecule has 0 amide bonds. The van der Waals surface area contributed by atoms with E-state index in [4.69, 9.17) is 9.47 Å². The monoisotopic (exact) mass is 407 g/mol. The van der Waals surface area contributed by atoms with Crippen LogP contribution in [-0.2, 0) is 14.3 Å². The van der Waals surface area contributed by atoms with Gasteiger partial charge < -0.3 is 24.6 Å². The molecule has 3 aliphatic rings. The number of ether oxygens (including phenoxy) is 2. The predicted molar refractivity (Wildman–Crippen MR) is 103 cm³/mol. The van der Waals surface area contributed by atoms with Gasteiger partial charge in [0, 0.05) is 16.7 Å². The van der Waals surface area contributed by atoms with Crippen molar-refractivity contribution in [1.29, 1.82) is 0 Å². The number of ketones is 2. The summed E-state index contributed by atoms with van der Waals surface area (Å²) in [5, 5.41) is 21.0. The minimum atomic E-state index is -0.954. The molecule has 2 heterocycles. The number of aryl methyl sites for hydroxylation is 1. The van der Waals surface area contributed by atoms with Crippen LogP contribution in [0.1, 0.15) is 43.6 Å². The van der Waals surface area contributed by atoms with Crippen molar-refractivity contribution in [2.45, 2.75) is 19.2 Å². The zero-order valence-corrected chi connectivity index (χ0v) is 16.1. The first-order valence-corrected chi connectivity index (χ1v) is 9.32. The number of nitrogens with zero attached hydrogens (tertiary/aromatic N) is 1. The first-order chi connectivity index (χ1) is 14.3. The summed E-state index contributed by atoms with van der Waals surface area (Å²) in [6.07, 6.45) is -0.863. The lowest BCUT2D eigenvalue weighted by Gasteiger charge is -2.39. The van der Waals surface area contributed by atoms with Crippen molar-refractivity contribution in [3.8, 4) is 11.5 Å². The lowest BCUT2D eigenvalue weighted by Crippen LogP contribution is -2.45. The third-order valence-electron chi connectivity index (χ3n) is 5.73. The number of benzene rings is 2. The molecule has 0 saturated carbocycles. The lowest BCUT2D eigenvalue weighted by atomic mass is 9.78. The third-order valence-corrected chi connectivity index (χ3v) is 5.73. The fourth-order valence-electron chi connectivity index (χ4n) is 4.52. The van der Waals surface area contributed by atoms with Crippen molar-refractivity contribution in [3.63, 3.8) is 0 Å². The number of phenols is 2. The summed E-state index contributed by atoms with van der Waals surface area (Å²) >= 11 is 0. The first-order valence-electron chi connectivity index (χ1n) is 9.32. The highest BCUT2D eigenvalue weighted by Gasteiger charge is 2.52. The molecule has 0 bridgehead atoms. The minimum Gasteiger partial charge on any atom is -0.507 e. The second-order valence-corrected chi connectivity index (χ2v) is 7.46. The van der Waals surface area contributed by atoms with Crippen LogP contribution in [0.15, 0.2) is 36.0 Å². The van der Waals surface area contributed by atoms with E-state index in [9.17, 15) is 24.6 Å². The Balaban J connectivity index is 1.86. The largest absolute Gasteiger partial charge is 0.507 e. The van der Waals surface area contributed by atoms with Gasteiger partial charge >= 0.3 is 5.97 Å². The van der Waals surface area contributed by atoms with E-state index in [0.717, 1.165) is 5.56 Å². The van der Waals surface area contributed by atoms with Crippen molar-refractivity contribution in [2.24, 2.45) is 0 Å². The smallest absolute Gasteiger partial charge is 0.331 e. The van der Waals surface area contributed by atoms with Gasteiger partial charge in [0.2, 0.25) is 5.78 Å². The van der Waals surface area contributed by atoms with Crippen LogP contribution in [0.25, 0.3) is 5.57 Å². The van der Waals surface area contributed by atoms with E-state index >= 15 is 0 Å². The number of fused-ring (bicyclic) bond motifs is 6. The molecule has 0 radical (unpaired) electrons. The molecule has 0 spiro atoms. The van der Waals surface area contributed by atoms with Gasteiger partial charge in [0.1, 0.15) is 17.2 Å². The quantitative estimate of drug-likeness (QED) is 0.691. The maximum absolute atomic E-state index is 13.5. The second kappa shape index (κ2) is 6.17. The standard InChI is InChI=1S/C22H17NO7/c1-9-6-11-15(14(25)7-9)17-18(23-12(22(28)29-2)8-30-21(11)23)20(27)16-10(19(17)26)4-3-5-13(16)24/h3-7,12,21,24-25H,8H2,1-2H3/t12-,21-/m0/s1. The van der Waals surface area contributed by atoms with Gasteiger partial charge in [-0.15, -0.1) is 0 Å². The molecule has 2 atom stereocenters. The molecule has 0 aromatic heterocycles. The number of phenolic OH excluding ortho intramolecular Hbond substituents is 2. The van der Waals surface area contributed by atoms with Crippen LogP contribution in [0, 0.1) is 6.92 Å². The van der Waals surface area contributed by atoms with Crippen LogP contribution in [0.4, 0.5) is 0 Å². The van der Waals surface area contributed by atoms with Crippen LogP contribution in [0.2, 0.25) is 0 Å². The highest BCUT2D eigenvalue weighted by Crippen LogP contribution is 2.51. The molecular formula is C22H17NO7. The number of rotatable bonds is 1. The zero-order valence-electron chi connectivity index (χ0n) is 16.1. The maximum atomic E-state index is 13.5. The van der Waals surface area contributed by atoms with E-state index in [-0.39, 0.29) is 46.1 Å². The summed E-state index contributed by atoms with van der Waals surface area (Å²) < 4.78 is 10.7. The van der Waals surface area contributed by atoms with E-state index in [2.05, 4.69) is 0 Å². The topological polar surface area (TPSA) is 113 Å². The highest BCUT2D eigenvalue weighted by molar-refractivity contribution is 6.41. The Morgan fingerprint density at radius 1 is 1.13 bits per heavy atom. The minimum absolute atomic E-state index is 0.0127. The van der Waals surface area contributed by atoms with Crippen molar-refractivity contribution in [1.82, 2.24) is 4.90 Å². The summed E-state index contributed by atoms with van der Waals surface area (Å²) in [5.74, 6) is -2.25. The van der Waals surface area contributed by atoms with Crippen LogP contribution >= 0.6 is 0 Å². The molecule has 1 fully saturated rings. The molecule has 1 aliphatic carbocycles. The molecule has 8 heteroatoms. The van der Waals surface area contributed by atoms with Gasteiger partial charge in [-0.3, -0.25) is 9.59 Å². The van der Waals surface area contributed by atoms with Gasteiger partial charge in [0.15, 0.2) is 18.1 Å². The second-order valence-electron chi connectivity index (χ2n) is 7.46. The van der Waals surface area contributed by atoms with E-state index < -0.39 is 29.8 Å². The van der Waals surface area contributed by atoms with Crippen molar-refractivity contribution in [3.05, 3.63) is 63.8 Å². The fraction of sp³-hybridized carbons (Fsp3) is 0.227. The number of hydrogen-bond donors (Lipinski definition) is 2. The summed E-state index contributed by atoms with van der Waals surface area (Å²) in [7, 11) is 1.23. The first kappa shape index (κ1) is 18.4. The zero-order chi connectivity index (χ0) is 21.3. The van der Waals surface area contributed by atoms with Gasteiger partial charge in [-0.1, -0.05) is 18.2 Å². The molecule has 1 saturated heterocycles. The van der Waals surface area contributed by atoms with Crippen LogP contribution in [0.5, 0.6) is 11.5 Å². The Labute approximate surface area is 170 Å². The molecule has 2 aliphatic heterocycles. The normalized spacial score (nSPS) is 21.7. The maximum Gasteiger partial charge on any atom is 0.331 e. The average Bonchev–Trinajstić information content (AvgIpc) is 3.15. The summed E-state index contributed by atoms with van der Waals surface area (Å²) in [5.41, 5.74) is 1.23. The van der Waals surface area contributed by atoms with Crippen LogP contribution < -0.4 is 0 Å². The number of Topliss-reactive ketones (excluding diaryl/α,β-unsaturated/α-hetero) is 2. The molecule has 2 aromatic carbocycles. The number of aromatic hydroxyl groups is 2. The molecule has 8 nitrogen and oxygen atoms in total. The highest BCUT2D eigenvalue weighted by atomic mass is 16.5. The number of methoxy groups -OCH3 is 1. The van der Waals surface area contributed by atoms with Crippen LogP contribution in [-0.4, -0.2) is 52.4 Å².